The highest BCUT2D eigenvalue weighted by molar-refractivity contribution is 9.10. The van der Waals surface area contributed by atoms with E-state index in [9.17, 15) is 9.59 Å². The number of benzene rings is 2. The largest absolute Gasteiger partial charge is 0.493 e. The first-order valence-corrected chi connectivity index (χ1v) is 9.58. The van der Waals surface area contributed by atoms with Gasteiger partial charge in [0.25, 0.3) is 11.8 Å². The summed E-state index contributed by atoms with van der Waals surface area (Å²) in [6.45, 7) is 2.32. The number of hydrogen-bond acceptors (Lipinski definition) is 4. The first-order valence-electron chi connectivity index (χ1n) is 8.00. The minimum Gasteiger partial charge on any atom is -0.493 e. The summed E-state index contributed by atoms with van der Waals surface area (Å²) in [5.74, 6) is -0.508. The fourth-order valence-corrected chi connectivity index (χ4v) is 3.34. The molecular formula is C19H14BrClN2O3S. The van der Waals surface area contributed by atoms with Gasteiger partial charge in [0.1, 0.15) is 11.3 Å². The predicted octanol–water partition coefficient (Wildman–Crippen LogP) is 4.33. The standard InChI is InChI=1S/C19H14BrClN2O3S/c1-2-26-16-8-3-12(20)9-11(16)10-15-17(24)22-19(27)23(18(15)25)14-6-4-13(21)5-7-14/h3-10H,2H2,1H3,(H,22,24,27)/b15-10+. The fourth-order valence-electron chi connectivity index (χ4n) is 2.56. The predicted molar refractivity (Wildman–Crippen MR) is 113 cm³/mol. The minimum atomic E-state index is -0.558. The highest BCUT2D eigenvalue weighted by Crippen LogP contribution is 2.28. The van der Waals surface area contributed by atoms with Gasteiger partial charge < -0.3 is 4.74 Å². The van der Waals surface area contributed by atoms with E-state index >= 15 is 0 Å². The van der Waals surface area contributed by atoms with Gasteiger partial charge in [-0.15, -0.1) is 0 Å². The van der Waals surface area contributed by atoms with Gasteiger partial charge >= 0.3 is 0 Å². The van der Waals surface area contributed by atoms with E-state index in [-0.39, 0.29) is 10.7 Å². The van der Waals surface area contributed by atoms with Gasteiger partial charge in [0.15, 0.2) is 5.11 Å². The third-order valence-corrected chi connectivity index (χ3v) is 4.79. The van der Waals surface area contributed by atoms with Crippen molar-refractivity contribution in [1.29, 1.82) is 0 Å². The molecule has 1 saturated heterocycles. The highest BCUT2D eigenvalue weighted by Gasteiger charge is 2.34. The lowest BCUT2D eigenvalue weighted by Gasteiger charge is -2.29. The molecule has 1 aliphatic rings. The van der Waals surface area contributed by atoms with Crippen LogP contribution in [0.3, 0.4) is 0 Å². The molecule has 2 amide bonds. The third-order valence-electron chi connectivity index (χ3n) is 3.76. The zero-order valence-electron chi connectivity index (χ0n) is 14.2. The Morgan fingerprint density at radius 2 is 1.93 bits per heavy atom. The van der Waals surface area contributed by atoms with Gasteiger partial charge in [-0.25, -0.2) is 0 Å². The molecule has 5 nitrogen and oxygen atoms in total. The van der Waals surface area contributed by atoms with Crippen molar-refractivity contribution in [2.75, 3.05) is 11.5 Å². The van der Waals surface area contributed by atoms with Crippen LogP contribution in [0.4, 0.5) is 5.69 Å². The SMILES string of the molecule is CCOc1ccc(Br)cc1/C=C1\C(=O)NC(=S)N(c2ccc(Cl)cc2)C1=O. The summed E-state index contributed by atoms with van der Waals surface area (Å²) in [6, 6.07) is 12.0. The van der Waals surface area contributed by atoms with E-state index in [0.29, 0.717) is 28.6 Å². The van der Waals surface area contributed by atoms with Crippen molar-refractivity contribution < 1.29 is 14.3 Å². The van der Waals surface area contributed by atoms with Gasteiger partial charge in [-0.1, -0.05) is 27.5 Å². The van der Waals surface area contributed by atoms with Gasteiger partial charge in [-0.05, 0) is 67.7 Å². The number of halogens is 2. The Hall–Kier alpha value is -2.22. The van der Waals surface area contributed by atoms with Crippen LogP contribution in [0, 0.1) is 0 Å². The smallest absolute Gasteiger partial charge is 0.270 e. The van der Waals surface area contributed by atoms with Crippen molar-refractivity contribution in [3.8, 4) is 5.75 Å². The normalized spacial score (nSPS) is 15.9. The Morgan fingerprint density at radius 1 is 1.22 bits per heavy atom. The van der Waals surface area contributed by atoms with Crippen molar-refractivity contribution in [3.05, 3.63) is 63.1 Å². The monoisotopic (exact) mass is 464 g/mol. The Balaban J connectivity index is 2.04. The van der Waals surface area contributed by atoms with Gasteiger partial charge in [0.2, 0.25) is 0 Å². The minimum absolute atomic E-state index is 0.0174. The number of nitrogens with zero attached hydrogens (tertiary/aromatic N) is 1. The van der Waals surface area contributed by atoms with E-state index in [1.165, 1.54) is 11.0 Å². The Labute approximate surface area is 175 Å². The molecule has 0 radical (unpaired) electrons. The maximum atomic E-state index is 13.0. The number of nitrogens with one attached hydrogen (secondary N) is 1. The number of amides is 2. The molecule has 27 heavy (non-hydrogen) atoms. The third kappa shape index (κ3) is 4.21. The van der Waals surface area contributed by atoms with Gasteiger partial charge in [-0.2, -0.15) is 0 Å². The average Bonchev–Trinajstić information content (AvgIpc) is 2.62. The van der Waals surface area contributed by atoms with Crippen molar-refractivity contribution in [2.45, 2.75) is 6.92 Å². The average molecular weight is 466 g/mol. The molecule has 138 valence electrons. The molecule has 1 N–H and O–H groups in total. The maximum absolute atomic E-state index is 13.0. The van der Waals surface area contributed by atoms with Crippen LogP contribution >= 0.6 is 39.7 Å². The van der Waals surface area contributed by atoms with Crippen LogP contribution in [-0.4, -0.2) is 23.5 Å². The molecule has 0 spiro atoms. The van der Waals surface area contributed by atoms with Crippen LogP contribution < -0.4 is 15.0 Å². The van der Waals surface area contributed by atoms with Gasteiger partial charge in [0, 0.05) is 15.1 Å². The molecule has 1 aliphatic heterocycles. The summed E-state index contributed by atoms with van der Waals surface area (Å²) in [5, 5.41) is 3.10. The summed E-state index contributed by atoms with van der Waals surface area (Å²) in [7, 11) is 0. The number of rotatable bonds is 4. The lowest BCUT2D eigenvalue weighted by atomic mass is 10.1. The van der Waals surface area contributed by atoms with Crippen LogP contribution in [0.2, 0.25) is 5.02 Å². The number of carbonyl (C=O) groups is 2. The summed E-state index contributed by atoms with van der Waals surface area (Å²) < 4.78 is 6.39. The van der Waals surface area contributed by atoms with Crippen LogP contribution in [-0.2, 0) is 9.59 Å². The quantitative estimate of drug-likeness (QED) is 0.415. The molecule has 0 aliphatic carbocycles. The van der Waals surface area contributed by atoms with Gasteiger partial charge in [0.05, 0.1) is 12.3 Å². The van der Waals surface area contributed by atoms with E-state index in [2.05, 4.69) is 21.2 Å². The van der Waals surface area contributed by atoms with Gasteiger partial charge in [-0.3, -0.25) is 19.8 Å². The molecule has 0 aromatic heterocycles. The molecule has 2 aromatic carbocycles. The highest BCUT2D eigenvalue weighted by atomic mass is 79.9. The molecule has 0 bridgehead atoms. The first-order chi connectivity index (χ1) is 12.9. The van der Waals surface area contributed by atoms with E-state index < -0.39 is 11.8 Å². The van der Waals surface area contributed by atoms with Crippen LogP contribution in [0.25, 0.3) is 6.08 Å². The molecule has 1 heterocycles. The van der Waals surface area contributed by atoms with Crippen LogP contribution in [0.5, 0.6) is 5.75 Å². The second kappa shape index (κ2) is 8.21. The number of carbonyl (C=O) groups excluding carboxylic acids is 2. The topological polar surface area (TPSA) is 58.6 Å². The number of anilines is 1. The van der Waals surface area contributed by atoms with Crippen molar-refractivity contribution in [2.24, 2.45) is 0 Å². The van der Waals surface area contributed by atoms with E-state index in [4.69, 9.17) is 28.6 Å². The van der Waals surface area contributed by atoms with Crippen molar-refractivity contribution in [3.63, 3.8) is 0 Å². The van der Waals surface area contributed by atoms with Crippen LogP contribution in [0.15, 0.2) is 52.5 Å². The first kappa shape index (κ1) is 19.5. The Kier molecular flexibility index (Phi) is 5.94. The molecule has 8 heteroatoms. The zero-order valence-corrected chi connectivity index (χ0v) is 17.3. The second-order valence-electron chi connectivity index (χ2n) is 5.55. The Bertz CT molecular complexity index is 960. The van der Waals surface area contributed by atoms with E-state index in [1.807, 2.05) is 13.0 Å². The lowest BCUT2D eigenvalue weighted by molar-refractivity contribution is -0.122. The van der Waals surface area contributed by atoms with E-state index in [0.717, 1.165) is 4.47 Å². The van der Waals surface area contributed by atoms with E-state index in [1.54, 1.807) is 36.4 Å². The van der Waals surface area contributed by atoms with Crippen molar-refractivity contribution in [1.82, 2.24) is 5.32 Å². The molecule has 1 fully saturated rings. The molecule has 0 unspecified atom stereocenters. The molecule has 0 saturated carbocycles. The maximum Gasteiger partial charge on any atom is 0.270 e. The van der Waals surface area contributed by atoms with Crippen molar-refractivity contribution >= 4 is 68.4 Å². The summed E-state index contributed by atoms with van der Waals surface area (Å²) >= 11 is 14.5. The molecule has 0 atom stereocenters. The summed E-state index contributed by atoms with van der Waals surface area (Å²) in [5.41, 5.74) is 1.07. The number of ether oxygens (including phenoxy) is 1. The Morgan fingerprint density at radius 3 is 2.59 bits per heavy atom. The summed E-state index contributed by atoms with van der Waals surface area (Å²) in [4.78, 5) is 26.7. The summed E-state index contributed by atoms with van der Waals surface area (Å²) in [6.07, 6.45) is 1.50. The zero-order chi connectivity index (χ0) is 19.6. The molecular weight excluding hydrogens is 452 g/mol. The molecule has 3 rings (SSSR count). The number of thiocarbonyl (C=S) groups is 1. The molecule has 2 aromatic rings. The van der Waals surface area contributed by atoms with Crippen LogP contribution in [0.1, 0.15) is 12.5 Å². The number of hydrogen-bond donors (Lipinski definition) is 1. The lowest BCUT2D eigenvalue weighted by Crippen LogP contribution is -2.54. The second-order valence-corrected chi connectivity index (χ2v) is 7.29. The fraction of sp³-hybridized carbons (Fsp3) is 0.105.